The lowest BCUT2D eigenvalue weighted by Gasteiger charge is -2.05. The van der Waals surface area contributed by atoms with Crippen molar-refractivity contribution in [3.63, 3.8) is 0 Å². The molecular weight excluding hydrogens is 290 g/mol. The van der Waals surface area contributed by atoms with Gasteiger partial charge in [-0.05, 0) is 37.7 Å². The van der Waals surface area contributed by atoms with Crippen molar-refractivity contribution < 1.29 is 0 Å². The van der Waals surface area contributed by atoms with Gasteiger partial charge in [-0.25, -0.2) is 19.9 Å². The highest BCUT2D eigenvalue weighted by Crippen LogP contribution is 2.34. The maximum atomic E-state index is 4.57. The molecule has 3 aromatic rings. The van der Waals surface area contributed by atoms with Crippen molar-refractivity contribution in [1.29, 1.82) is 0 Å². The van der Waals surface area contributed by atoms with Gasteiger partial charge in [0.05, 0.1) is 0 Å². The van der Waals surface area contributed by atoms with Crippen LogP contribution in [0.1, 0.15) is 11.8 Å². The Morgan fingerprint density at radius 2 is 2.05 bits per heavy atom. The summed E-state index contributed by atoms with van der Waals surface area (Å²) in [7, 11) is 0. The summed E-state index contributed by atoms with van der Waals surface area (Å²) in [6.07, 6.45) is 3.47. The number of hydrogen-bond donors (Lipinski definition) is 1. The number of aromatic nitrogens is 4. The SMILES string of the molecule is CCNc1nc(Sc2ncccn2)c2cc(C)sc2n1. The fourth-order valence-corrected chi connectivity index (χ4v) is 3.50. The molecule has 20 heavy (non-hydrogen) atoms. The minimum atomic E-state index is 0.653. The van der Waals surface area contributed by atoms with E-state index in [2.05, 4.69) is 38.2 Å². The van der Waals surface area contributed by atoms with Gasteiger partial charge in [0.2, 0.25) is 5.95 Å². The van der Waals surface area contributed by atoms with Crippen LogP contribution in [-0.4, -0.2) is 26.5 Å². The van der Waals surface area contributed by atoms with E-state index in [0.717, 1.165) is 21.8 Å². The molecule has 3 aromatic heterocycles. The zero-order valence-electron chi connectivity index (χ0n) is 11.1. The number of fused-ring (bicyclic) bond motifs is 1. The lowest BCUT2D eigenvalue weighted by molar-refractivity contribution is 0.960. The van der Waals surface area contributed by atoms with Gasteiger partial charge in [-0.3, -0.25) is 0 Å². The molecule has 0 aliphatic rings. The van der Waals surface area contributed by atoms with E-state index in [1.807, 2.05) is 6.92 Å². The maximum Gasteiger partial charge on any atom is 0.225 e. The summed E-state index contributed by atoms with van der Waals surface area (Å²) >= 11 is 3.14. The van der Waals surface area contributed by atoms with Crippen LogP contribution in [0.4, 0.5) is 5.95 Å². The predicted molar refractivity (Wildman–Crippen MR) is 82.5 cm³/mol. The summed E-state index contributed by atoms with van der Waals surface area (Å²) in [5.74, 6) is 0.653. The van der Waals surface area contributed by atoms with Crippen molar-refractivity contribution in [3.05, 3.63) is 29.4 Å². The molecule has 0 bridgehead atoms. The molecule has 7 heteroatoms. The van der Waals surface area contributed by atoms with Crippen LogP contribution in [0, 0.1) is 6.92 Å². The lowest BCUT2D eigenvalue weighted by Crippen LogP contribution is -2.02. The molecule has 0 fully saturated rings. The van der Waals surface area contributed by atoms with Crippen LogP contribution >= 0.6 is 23.1 Å². The third-order valence-corrected chi connectivity index (χ3v) is 4.39. The Morgan fingerprint density at radius 3 is 2.80 bits per heavy atom. The Balaban J connectivity index is 2.07. The molecule has 102 valence electrons. The first-order valence-corrected chi connectivity index (χ1v) is 7.86. The number of nitrogens with one attached hydrogen (secondary N) is 1. The van der Waals surface area contributed by atoms with Gasteiger partial charge in [0.15, 0.2) is 5.16 Å². The molecule has 3 heterocycles. The first kappa shape index (κ1) is 13.3. The van der Waals surface area contributed by atoms with Gasteiger partial charge in [0.1, 0.15) is 9.86 Å². The van der Waals surface area contributed by atoms with Crippen LogP contribution < -0.4 is 5.32 Å². The summed E-state index contributed by atoms with van der Waals surface area (Å²) in [5, 5.41) is 5.81. The van der Waals surface area contributed by atoms with Crippen LogP contribution in [0.3, 0.4) is 0 Å². The molecule has 1 N–H and O–H groups in total. The van der Waals surface area contributed by atoms with Crippen molar-refractivity contribution in [2.24, 2.45) is 0 Å². The normalized spacial score (nSPS) is 10.9. The van der Waals surface area contributed by atoms with Crippen LogP contribution in [0.25, 0.3) is 10.2 Å². The van der Waals surface area contributed by atoms with Crippen molar-refractivity contribution in [1.82, 2.24) is 19.9 Å². The van der Waals surface area contributed by atoms with E-state index in [0.29, 0.717) is 11.1 Å². The summed E-state index contributed by atoms with van der Waals surface area (Å²) in [6.45, 7) is 4.90. The smallest absolute Gasteiger partial charge is 0.225 e. The Morgan fingerprint density at radius 1 is 1.25 bits per heavy atom. The van der Waals surface area contributed by atoms with E-state index >= 15 is 0 Å². The monoisotopic (exact) mass is 303 g/mol. The predicted octanol–water partition coefficient (Wildman–Crippen LogP) is 3.37. The standard InChI is InChI=1S/C13H13N5S2/c1-3-14-12-17-10-9(7-8(2)19-10)11(18-12)20-13-15-5-4-6-16-13/h4-7H,3H2,1-2H3,(H,14,17,18). The molecule has 0 aliphatic carbocycles. The molecule has 3 rings (SSSR count). The van der Waals surface area contributed by atoms with Crippen molar-refractivity contribution >= 4 is 39.3 Å². The topological polar surface area (TPSA) is 63.6 Å². The number of rotatable bonds is 4. The molecule has 0 saturated heterocycles. The largest absolute Gasteiger partial charge is 0.354 e. The first-order valence-electron chi connectivity index (χ1n) is 6.23. The fourth-order valence-electron chi connectivity index (χ4n) is 1.76. The average Bonchev–Trinajstić information content (AvgIpc) is 2.81. The van der Waals surface area contributed by atoms with E-state index in [-0.39, 0.29) is 0 Å². The minimum absolute atomic E-state index is 0.653. The molecule has 0 spiro atoms. The Bertz CT molecular complexity index is 726. The van der Waals surface area contributed by atoms with Crippen molar-refractivity contribution in [2.45, 2.75) is 24.0 Å². The highest BCUT2D eigenvalue weighted by molar-refractivity contribution is 7.99. The fraction of sp³-hybridized carbons (Fsp3) is 0.231. The molecule has 0 unspecified atom stereocenters. The lowest BCUT2D eigenvalue weighted by atomic mass is 10.4. The number of thiophene rings is 1. The van der Waals surface area contributed by atoms with Crippen LogP contribution in [-0.2, 0) is 0 Å². The third kappa shape index (κ3) is 2.73. The second kappa shape index (κ2) is 5.72. The van der Waals surface area contributed by atoms with Gasteiger partial charge >= 0.3 is 0 Å². The van der Waals surface area contributed by atoms with Gasteiger partial charge in [0.25, 0.3) is 0 Å². The number of anilines is 1. The Labute approximate surface area is 124 Å². The molecule has 0 aliphatic heterocycles. The van der Waals surface area contributed by atoms with Gasteiger partial charge in [-0.1, -0.05) is 0 Å². The van der Waals surface area contributed by atoms with Gasteiger partial charge < -0.3 is 5.32 Å². The molecule has 0 radical (unpaired) electrons. The van der Waals surface area contributed by atoms with E-state index in [4.69, 9.17) is 0 Å². The van der Waals surface area contributed by atoms with Gasteiger partial charge in [-0.15, -0.1) is 11.3 Å². The quantitative estimate of drug-likeness (QED) is 0.589. The average molecular weight is 303 g/mol. The van der Waals surface area contributed by atoms with Crippen LogP contribution in [0.2, 0.25) is 0 Å². The van der Waals surface area contributed by atoms with E-state index in [9.17, 15) is 0 Å². The molecule has 0 atom stereocenters. The highest BCUT2D eigenvalue weighted by Gasteiger charge is 2.12. The Kier molecular flexibility index (Phi) is 3.79. The molecular formula is C13H13N5S2. The summed E-state index contributed by atoms with van der Waals surface area (Å²) in [5.41, 5.74) is 0. The summed E-state index contributed by atoms with van der Waals surface area (Å²) < 4.78 is 0. The van der Waals surface area contributed by atoms with Crippen molar-refractivity contribution in [2.75, 3.05) is 11.9 Å². The first-order chi connectivity index (χ1) is 9.76. The van der Waals surface area contributed by atoms with E-state index in [1.165, 1.54) is 16.6 Å². The summed E-state index contributed by atoms with van der Waals surface area (Å²) in [6, 6.07) is 3.92. The Hall–Kier alpha value is -1.73. The zero-order valence-corrected chi connectivity index (χ0v) is 12.8. The van der Waals surface area contributed by atoms with Crippen LogP contribution in [0.15, 0.2) is 34.7 Å². The second-order valence-electron chi connectivity index (χ2n) is 4.09. The second-order valence-corrected chi connectivity index (χ2v) is 6.28. The zero-order chi connectivity index (χ0) is 13.9. The number of aryl methyl sites for hydroxylation is 1. The van der Waals surface area contributed by atoms with E-state index < -0.39 is 0 Å². The highest BCUT2D eigenvalue weighted by atomic mass is 32.2. The van der Waals surface area contributed by atoms with Crippen molar-refractivity contribution in [3.8, 4) is 0 Å². The van der Waals surface area contributed by atoms with Gasteiger partial charge in [0, 0.05) is 29.2 Å². The van der Waals surface area contributed by atoms with Gasteiger partial charge in [-0.2, -0.15) is 0 Å². The molecule has 0 saturated carbocycles. The number of hydrogen-bond acceptors (Lipinski definition) is 7. The third-order valence-electron chi connectivity index (χ3n) is 2.55. The maximum absolute atomic E-state index is 4.57. The molecule has 5 nitrogen and oxygen atoms in total. The summed E-state index contributed by atoms with van der Waals surface area (Å²) in [4.78, 5) is 19.8. The minimum Gasteiger partial charge on any atom is -0.354 e. The number of nitrogens with zero attached hydrogens (tertiary/aromatic N) is 4. The molecule has 0 aromatic carbocycles. The van der Waals surface area contributed by atoms with E-state index in [1.54, 1.807) is 29.8 Å². The van der Waals surface area contributed by atoms with Crippen LogP contribution in [0.5, 0.6) is 0 Å². The molecule has 0 amide bonds.